The molecule has 112 valence electrons. The number of likely N-dealkylation sites (tertiary alicyclic amines) is 1. The molecule has 3 N–H and O–H groups in total. The van der Waals surface area contributed by atoms with E-state index in [1.807, 2.05) is 24.3 Å². The lowest BCUT2D eigenvalue weighted by atomic mass is 10.1. The predicted octanol–water partition coefficient (Wildman–Crippen LogP) is 1.66. The van der Waals surface area contributed by atoms with Crippen LogP contribution in [0.5, 0.6) is 0 Å². The molecule has 2 rings (SSSR count). The van der Waals surface area contributed by atoms with Gasteiger partial charge in [-0.1, -0.05) is 23.7 Å². The molecule has 0 spiro atoms. The van der Waals surface area contributed by atoms with E-state index in [1.54, 1.807) is 0 Å². The molecule has 1 aliphatic rings. The number of carbonyl (C=O) groups is 1. The molecule has 1 heterocycles. The Morgan fingerprint density at radius 2 is 2.10 bits per heavy atom. The average Bonchev–Trinajstić information content (AvgIpc) is 2.86. The number of amides is 1. The third-order valence-corrected chi connectivity index (χ3v) is 3.73. The van der Waals surface area contributed by atoms with E-state index in [-0.39, 0.29) is 18.3 Å². The minimum absolute atomic E-state index is 0. The molecule has 1 aromatic rings. The van der Waals surface area contributed by atoms with Gasteiger partial charge in [-0.05, 0) is 43.1 Å². The number of benzene rings is 1. The van der Waals surface area contributed by atoms with Crippen LogP contribution in [0.15, 0.2) is 24.3 Å². The lowest BCUT2D eigenvalue weighted by Crippen LogP contribution is -2.36. The number of rotatable bonds is 5. The van der Waals surface area contributed by atoms with Crippen molar-refractivity contribution < 1.29 is 4.79 Å². The van der Waals surface area contributed by atoms with E-state index in [1.165, 1.54) is 0 Å². The Hall–Kier alpha value is -0.810. The first kappa shape index (κ1) is 17.2. The third kappa shape index (κ3) is 5.29. The molecule has 0 saturated carbocycles. The summed E-state index contributed by atoms with van der Waals surface area (Å²) in [6.07, 6.45) is 1.10. The van der Waals surface area contributed by atoms with Crippen LogP contribution in [0.25, 0.3) is 0 Å². The molecule has 1 aliphatic heterocycles. The molecule has 6 heteroatoms. The van der Waals surface area contributed by atoms with Crippen LogP contribution in [0.4, 0.5) is 0 Å². The van der Waals surface area contributed by atoms with Crippen molar-refractivity contribution in [3.8, 4) is 0 Å². The molecular formula is C14H21Cl2N3O. The Kier molecular flexibility index (Phi) is 7.30. The summed E-state index contributed by atoms with van der Waals surface area (Å²) in [7, 11) is 0. The molecule has 1 amide bonds. The van der Waals surface area contributed by atoms with Gasteiger partial charge in [0.2, 0.25) is 5.91 Å². The van der Waals surface area contributed by atoms with Gasteiger partial charge in [0.15, 0.2) is 0 Å². The normalized spacial score (nSPS) is 18.6. The van der Waals surface area contributed by atoms with Crippen LogP contribution >= 0.6 is 24.0 Å². The highest BCUT2D eigenvalue weighted by atomic mass is 35.5. The van der Waals surface area contributed by atoms with Crippen LogP contribution in [0.3, 0.4) is 0 Å². The van der Waals surface area contributed by atoms with E-state index in [4.69, 9.17) is 17.3 Å². The highest BCUT2D eigenvalue weighted by Crippen LogP contribution is 2.14. The van der Waals surface area contributed by atoms with E-state index in [2.05, 4.69) is 10.2 Å². The Morgan fingerprint density at radius 1 is 1.40 bits per heavy atom. The Labute approximate surface area is 131 Å². The van der Waals surface area contributed by atoms with Gasteiger partial charge in [0.1, 0.15) is 0 Å². The zero-order chi connectivity index (χ0) is 13.7. The molecule has 0 bridgehead atoms. The smallest absolute Gasteiger partial charge is 0.234 e. The summed E-state index contributed by atoms with van der Waals surface area (Å²) >= 11 is 5.81. The van der Waals surface area contributed by atoms with Crippen molar-refractivity contribution in [2.45, 2.75) is 13.0 Å². The van der Waals surface area contributed by atoms with Gasteiger partial charge in [-0.2, -0.15) is 0 Å². The topological polar surface area (TPSA) is 58.4 Å². The van der Waals surface area contributed by atoms with Gasteiger partial charge >= 0.3 is 0 Å². The first-order valence-electron chi connectivity index (χ1n) is 6.61. The number of nitrogens with zero attached hydrogens (tertiary/aromatic N) is 1. The van der Waals surface area contributed by atoms with Crippen molar-refractivity contribution in [2.75, 3.05) is 26.2 Å². The van der Waals surface area contributed by atoms with Crippen molar-refractivity contribution >= 4 is 29.9 Å². The number of nitrogens with one attached hydrogen (secondary N) is 1. The Bertz CT molecular complexity index is 425. The van der Waals surface area contributed by atoms with Gasteiger partial charge in [0, 0.05) is 18.1 Å². The third-order valence-electron chi connectivity index (χ3n) is 3.47. The van der Waals surface area contributed by atoms with E-state index in [0.29, 0.717) is 30.6 Å². The summed E-state index contributed by atoms with van der Waals surface area (Å²) in [5.41, 5.74) is 6.69. The molecule has 0 aliphatic carbocycles. The quantitative estimate of drug-likeness (QED) is 0.868. The van der Waals surface area contributed by atoms with Crippen LogP contribution in [0.2, 0.25) is 5.02 Å². The maximum absolute atomic E-state index is 11.8. The second-order valence-corrected chi connectivity index (χ2v) is 5.47. The first-order valence-corrected chi connectivity index (χ1v) is 6.98. The SMILES string of the molecule is Cl.NCC1CCN(CC(=O)NCc2ccc(Cl)cc2)C1. The molecule has 1 fully saturated rings. The second-order valence-electron chi connectivity index (χ2n) is 5.03. The number of halogens is 2. The van der Waals surface area contributed by atoms with Gasteiger partial charge < -0.3 is 11.1 Å². The van der Waals surface area contributed by atoms with Crippen LogP contribution < -0.4 is 11.1 Å². The molecule has 1 saturated heterocycles. The number of nitrogens with two attached hydrogens (primary N) is 1. The maximum atomic E-state index is 11.8. The predicted molar refractivity (Wildman–Crippen MR) is 84.1 cm³/mol. The highest BCUT2D eigenvalue weighted by molar-refractivity contribution is 6.30. The minimum Gasteiger partial charge on any atom is -0.351 e. The lowest BCUT2D eigenvalue weighted by molar-refractivity contribution is -0.122. The van der Waals surface area contributed by atoms with Gasteiger partial charge in [0.05, 0.1) is 6.54 Å². The number of hydrogen-bond acceptors (Lipinski definition) is 3. The molecule has 0 radical (unpaired) electrons. The van der Waals surface area contributed by atoms with Crippen LogP contribution in [-0.2, 0) is 11.3 Å². The van der Waals surface area contributed by atoms with Gasteiger partial charge in [-0.15, -0.1) is 12.4 Å². The Morgan fingerprint density at radius 3 is 2.70 bits per heavy atom. The molecular weight excluding hydrogens is 297 g/mol. The van der Waals surface area contributed by atoms with Crippen molar-refractivity contribution in [2.24, 2.45) is 11.7 Å². The highest BCUT2D eigenvalue weighted by Gasteiger charge is 2.22. The molecule has 1 atom stereocenters. The fourth-order valence-electron chi connectivity index (χ4n) is 2.31. The number of hydrogen-bond donors (Lipinski definition) is 2. The summed E-state index contributed by atoms with van der Waals surface area (Å²) in [4.78, 5) is 14.0. The standard InChI is InChI=1S/C14H20ClN3O.ClH/c15-13-3-1-11(2-4-13)8-17-14(19)10-18-6-5-12(7-16)9-18;/h1-4,12H,5-10,16H2,(H,17,19);1H. The van der Waals surface area contributed by atoms with Crippen LogP contribution in [-0.4, -0.2) is 37.0 Å². The summed E-state index contributed by atoms with van der Waals surface area (Å²) in [5, 5.41) is 3.63. The molecule has 1 aromatic carbocycles. The van der Waals surface area contributed by atoms with Crippen molar-refractivity contribution in [1.82, 2.24) is 10.2 Å². The molecule has 20 heavy (non-hydrogen) atoms. The van der Waals surface area contributed by atoms with E-state index in [0.717, 1.165) is 25.1 Å². The largest absolute Gasteiger partial charge is 0.351 e. The van der Waals surface area contributed by atoms with Crippen molar-refractivity contribution in [3.05, 3.63) is 34.9 Å². The summed E-state index contributed by atoms with van der Waals surface area (Å²) in [6, 6.07) is 7.50. The van der Waals surface area contributed by atoms with Crippen molar-refractivity contribution in [1.29, 1.82) is 0 Å². The lowest BCUT2D eigenvalue weighted by Gasteiger charge is -2.15. The second kappa shape index (κ2) is 8.47. The van der Waals surface area contributed by atoms with E-state index >= 15 is 0 Å². The van der Waals surface area contributed by atoms with E-state index < -0.39 is 0 Å². The Balaban J connectivity index is 0.00000200. The summed E-state index contributed by atoms with van der Waals surface area (Å²) < 4.78 is 0. The summed E-state index contributed by atoms with van der Waals surface area (Å²) in [5.74, 6) is 0.608. The number of carbonyl (C=O) groups excluding carboxylic acids is 1. The van der Waals surface area contributed by atoms with Crippen molar-refractivity contribution in [3.63, 3.8) is 0 Å². The fraction of sp³-hybridized carbons (Fsp3) is 0.500. The van der Waals surface area contributed by atoms with Crippen LogP contribution in [0.1, 0.15) is 12.0 Å². The van der Waals surface area contributed by atoms with Gasteiger partial charge in [-0.25, -0.2) is 0 Å². The molecule has 0 aromatic heterocycles. The zero-order valence-corrected chi connectivity index (χ0v) is 12.9. The maximum Gasteiger partial charge on any atom is 0.234 e. The monoisotopic (exact) mass is 317 g/mol. The molecule has 1 unspecified atom stereocenters. The minimum atomic E-state index is 0. The fourth-order valence-corrected chi connectivity index (χ4v) is 2.44. The van der Waals surface area contributed by atoms with E-state index in [9.17, 15) is 4.79 Å². The summed E-state index contributed by atoms with van der Waals surface area (Å²) in [6.45, 7) is 3.62. The van der Waals surface area contributed by atoms with Gasteiger partial charge in [-0.3, -0.25) is 9.69 Å². The van der Waals surface area contributed by atoms with Crippen LogP contribution in [0, 0.1) is 5.92 Å². The van der Waals surface area contributed by atoms with Gasteiger partial charge in [0.25, 0.3) is 0 Å². The first-order chi connectivity index (χ1) is 9.17. The average molecular weight is 318 g/mol. The molecule has 4 nitrogen and oxygen atoms in total. The zero-order valence-electron chi connectivity index (χ0n) is 11.3.